The molecule has 9 nitrogen and oxygen atoms in total. The van der Waals surface area contributed by atoms with E-state index in [1.54, 1.807) is 23.0 Å². The van der Waals surface area contributed by atoms with Crippen molar-refractivity contribution in [3.8, 4) is 0 Å². The molecule has 2 aromatic heterocycles. The number of amides is 3. The highest BCUT2D eigenvalue weighted by atomic mass is 16.5. The first-order valence-corrected chi connectivity index (χ1v) is 11.5. The predicted molar refractivity (Wildman–Crippen MR) is 127 cm³/mol. The van der Waals surface area contributed by atoms with E-state index >= 15 is 0 Å². The molecule has 1 saturated heterocycles. The van der Waals surface area contributed by atoms with Crippen LogP contribution in [0.2, 0.25) is 0 Å². The van der Waals surface area contributed by atoms with Crippen molar-refractivity contribution in [2.75, 3.05) is 32.8 Å². The van der Waals surface area contributed by atoms with Gasteiger partial charge in [0.15, 0.2) is 0 Å². The van der Waals surface area contributed by atoms with Gasteiger partial charge in [0.25, 0.3) is 5.91 Å². The Morgan fingerprint density at radius 1 is 1.18 bits per heavy atom. The van der Waals surface area contributed by atoms with Gasteiger partial charge in [-0.15, -0.1) is 0 Å². The number of piperazine rings is 1. The van der Waals surface area contributed by atoms with Gasteiger partial charge < -0.3 is 28.8 Å². The zero-order valence-electron chi connectivity index (χ0n) is 19.7. The van der Waals surface area contributed by atoms with E-state index in [9.17, 15) is 14.4 Å². The summed E-state index contributed by atoms with van der Waals surface area (Å²) < 4.78 is 12.5. The Labute approximate surface area is 198 Å². The highest BCUT2D eigenvalue weighted by molar-refractivity contribution is 5.98. The molecule has 1 fully saturated rings. The maximum Gasteiger partial charge on any atom is 0.325 e. The number of urea groups is 1. The van der Waals surface area contributed by atoms with Crippen LogP contribution in [0, 0.1) is 6.92 Å². The van der Waals surface area contributed by atoms with Gasteiger partial charge in [-0.2, -0.15) is 0 Å². The smallest absolute Gasteiger partial charge is 0.325 e. The highest BCUT2D eigenvalue weighted by Gasteiger charge is 2.32. The van der Waals surface area contributed by atoms with Crippen LogP contribution in [0.4, 0.5) is 4.79 Å². The summed E-state index contributed by atoms with van der Waals surface area (Å²) in [4.78, 5) is 41.0. The average Bonchev–Trinajstić information content (AvgIpc) is 3.40. The van der Waals surface area contributed by atoms with Crippen LogP contribution in [-0.2, 0) is 16.1 Å². The molecular weight excluding hydrogens is 436 g/mol. The number of nitrogens with zero attached hydrogens (tertiary/aromatic N) is 3. The topological polar surface area (TPSA) is 97.0 Å². The minimum atomic E-state index is -0.476. The normalized spacial score (nSPS) is 16.0. The van der Waals surface area contributed by atoms with Crippen LogP contribution in [0.15, 0.2) is 47.1 Å². The van der Waals surface area contributed by atoms with Crippen LogP contribution in [0.5, 0.6) is 0 Å². The number of esters is 1. The molecule has 0 spiro atoms. The van der Waals surface area contributed by atoms with Gasteiger partial charge in [-0.05, 0) is 38.5 Å². The number of benzene rings is 1. The van der Waals surface area contributed by atoms with Crippen LogP contribution in [0.1, 0.15) is 35.5 Å². The summed E-state index contributed by atoms with van der Waals surface area (Å²) in [5.74, 6) is -0.575. The van der Waals surface area contributed by atoms with Gasteiger partial charge in [0.2, 0.25) is 5.71 Å². The second-order valence-corrected chi connectivity index (χ2v) is 8.54. The van der Waals surface area contributed by atoms with Crippen molar-refractivity contribution in [3.05, 3.63) is 59.5 Å². The van der Waals surface area contributed by atoms with E-state index in [1.807, 2.05) is 48.7 Å². The number of nitrogens with one attached hydrogen (secondary N) is 1. The fourth-order valence-corrected chi connectivity index (χ4v) is 4.37. The van der Waals surface area contributed by atoms with Gasteiger partial charge in [-0.3, -0.25) is 9.59 Å². The Kier molecular flexibility index (Phi) is 6.90. The first-order valence-electron chi connectivity index (χ1n) is 11.5. The number of furan rings is 1. The van der Waals surface area contributed by atoms with E-state index in [1.165, 1.54) is 0 Å². The molecule has 0 radical (unpaired) electrons. The molecule has 3 heterocycles. The molecule has 180 valence electrons. The number of hydrogen-bond donors (Lipinski definition) is 1. The summed E-state index contributed by atoms with van der Waals surface area (Å²) in [7, 11) is 0. The highest BCUT2D eigenvalue weighted by Crippen LogP contribution is 2.25. The summed E-state index contributed by atoms with van der Waals surface area (Å²) in [6.07, 6.45) is 1.63. The molecule has 0 bridgehead atoms. The molecule has 1 atom stereocenters. The van der Waals surface area contributed by atoms with Crippen LogP contribution in [0.3, 0.4) is 0 Å². The van der Waals surface area contributed by atoms with Crippen LogP contribution < -0.4 is 5.32 Å². The third kappa shape index (κ3) is 4.93. The summed E-state index contributed by atoms with van der Waals surface area (Å²) in [6, 6.07) is 11.3. The van der Waals surface area contributed by atoms with Crippen LogP contribution in [0.25, 0.3) is 11.1 Å². The van der Waals surface area contributed by atoms with E-state index in [0.29, 0.717) is 37.6 Å². The zero-order chi connectivity index (χ0) is 24.2. The van der Waals surface area contributed by atoms with Crippen molar-refractivity contribution < 1.29 is 23.5 Å². The third-order valence-corrected chi connectivity index (χ3v) is 6.01. The van der Waals surface area contributed by atoms with Gasteiger partial charge in [0, 0.05) is 31.1 Å². The van der Waals surface area contributed by atoms with Crippen molar-refractivity contribution in [2.24, 2.45) is 0 Å². The lowest BCUT2D eigenvalue weighted by Crippen LogP contribution is -2.58. The second kappa shape index (κ2) is 10.0. The lowest BCUT2D eigenvalue weighted by Gasteiger charge is -2.39. The Hall–Kier alpha value is -3.75. The SMILES string of the molecule is CCOC(=O)CNC(=O)N1CCN(C(=O)c2cc3ccoc3n2Cc2cccc(C)c2)CC1C. The van der Waals surface area contributed by atoms with E-state index in [0.717, 1.165) is 16.5 Å². The van der Waals surface area contributed by atoms with Gasteiger partial charge >= 0.3 is 12.0 Å². The van der Waals surface area contributed by atoms with E-state index in [2.05, 4.69) is 11.4 Å². The van der Waals surface area contributed by atoms with E-state index in [4.69, 9.17) is 9.15 Å². The number of aryl methyl sites for hydroxylation is 1. The third-order valence-electron chi connectivity index (χ3n) is 6.01. The monoisotopic (exact) mass is 466 g/mol. The predicted octanol–water partition coefficient (Wildman–Crippen LogP) is 3.01. The summed E-state index contributed by atoms with van der Waals surface area (Å²) in [5, 5.41) is 3.47. The first kappa shape index (κ1) is 23.4. The number of fused-ring (bicyclic) bond motifs is 1. The molecule has 1 aromatic carbocycles. The minimum absolute atomic E-state index is 0.0996. The number of ether oxygens (including phenoxy) is 1. The van der Waals surface area contributed by atoms with Gasteiger partial charge in [-0.1, -0.05) is 29.8 Å². The van der Waals surface area contributed by atoms with Gasteiger partial charge in [-0.25, -0.2) is 4.79 Å². The van der Waals surface area contributed by atoms with Crippen molar-refractivity contribution in [3.63, 3.8) is 0 Å². The van der Waals surface area contributed by atoms with E-state index < -0.39 is 5.97 Å². The fraction of sp³-hybridized carbons (Fsp3) is 0.400. The largest absolute Gasteiger partial charge is 0.465 e. The second-order valence-electron chi connectivity index (χ2n) is 8.54. The molecular formula is C25H30N4O5. The molecule has 4 rings (SSSR count). The maximum atomic E-state index is 13.5. The zero-order valence-corrected chi connectivity index (χ0v) is 19.7. The molecule has 1 aliphatic rings. The molecule has 9 heteroatoms. The van der Waals surface area contributed by atoms with Crippen LogP contribution in [-0.4, -0.2) is 71.1 Å². The molecule has 3 amide bonds. The molecule has 0 aliphatic carbocycles. The molecule has 1 aliphatic heterocycles. The Morgan fingerprint density at radius 3 is 2.74 bits per heavy atom. The Balaban J connectivity index is 1.47. The van der Waals surface area contributed by atoms with Crippen molar-refractivity contribution in [2.45, 2.75) is 33.4 Å². The van der Waals surface area contributed by atoms with Crippen molar-refractivity contribution in [1.29, 1.82) is 0 Å². The number of aromatic nitrogens is 1. The number of carbonyl (C=O) groups is 3. The molecule has 34 heavy (non-hydrogen) atoms. The maximum absolute atomic E-state index is 13.5. The lowest BCUT2D eigenvalue weighted by molar-refractivity contribution is -0.141. The minimum Gasteiger partial charge on any atom is -0.465 e. The summed E-state index contributed by atoms with van der Waals surface area (Å²) >= 11 is 0. The molecule has 1 N–H and O–H groups in total. The first-order chi connectivity index (χ1) is 16.4. The number of carbonyl (C=O) groups excluding carboxylic acids is 3. The van der Waals surface area contributed by atoms with Crippen molar-refractivity contribution >= 4 is 29.0 Å². The van der Waals surface area contributed by atoms with Gasteiger partial charge in [0.1, 0.15) is 12.2 Å². The Bertz CT molecular complexity index is 1200. The Morgan fingerprint density at radius 2 is 2.00 bits per heavy atom. The number of rotatable bonds is 6. The standard InChI is InChI=1S/C25H30N4O5/c1-4-33-22(30)14-26-25(32)28-10-9-27(15-18(28)3)23(31)21-13-20-8-11-34-24(20)29(21)16-19-7-5-6-17(2)12-19/h5-8,11-13,18H,4,9-10,14-16H2,1-3H3,(H,26,32). The summed E-state index contributed by atoms with van der Waals surface area (Å²) in [5.41, 5.74) is 3.46. The quantitative estimate of drug-likeness (QED) is 0.564. The summed E-state index contributed by atoms with van der Waals surface area (Å²) in [6.45, 7) is 7.41. The average molecular weight is 467 g/mol. The lowest BCUT2D eigenvalue weighted by atomic mass is 10.1. The van der Waals surface area contributed by atoms with E-state index in [-0.39, 0.29) is 31.1 Å². The van der Waals surface area contributed by atoms with Gasteiger partial charge in [0.05, 0.1) is 19.4 Å². The fourth-order valence-electron chi connectivity index (χ4n) is 4.37. The van der Waals surface area contributed by atoms with Crippen LogP contribution >= 0.6 is 0 Å². The molecule has 1 unspecified atom stereocenters. The molecule has 3 aromatic rings. The number of hydrogen-bond acceptors (Lipinski definition) is 5. The molecule has 0 saturated carbocycles. The van der Waals surface area contributed by atoms with Crippen molar-refractivity contribution in [1.82, 2.24) is 19.7 Å².